The van der Waals surface area contributed by atoms with Crippen LogP contribution in [0.25, 0.3) is 0 Å². The molecule has 0 aromatic heterocycles. The molecule has 1 heterocycles. The van der Waals surface area contributed by atoms with Crippen LogP contribution in [0.3, 0.4) is 0 Å². The van der Waals surface area contributed by atoms with Crippen molar-refractivity contribution in [1.29, 1.82) is 0 Å². The molecule has 8 heteroatoms. The topological polar surface area (TPSA) is 94.4 Å². The van der Waals surface area contributed by atoms with E-state index >= 15 is 0 Å². The molecular weight excluding hydrogens is 302 g/mol. The van der Waals surface area contributed by atoms with Gasteiger partial charge in [-0.15, -0.1) is 0 Å². The zero-order chi connectivity index (χ0) is 15.6. The van der Waals surface area contributed by atoms with E-state index in [9.17, 15) is 14.7 Å². The highest BCUT2D eigenvalue weighted by molar-refractivity contribution is 6.39. The number of carbonyl (C=O) groups is 2. The molecule has 0 spiro atoms. The predicted molar refractivity (Wildman–Crippen MR) is 72.3 cm³/mol. The number of oxime groups is 1. The van der Waals surface area contributed by atoms with Crippen molar-refractivity contribution in [2.75, 3.05) is 14.2 Å². The summed E-state index contributed by atoms with van der Waals surface area (Å²) in [6, 6.07) is 4.55. The molecule has 0 bridgehead atoms. The SMILES string of the molecule is COC(=O)C1=NOc2ccc(Cl)cc2[C@H]1[C@H](O)C(=O)OC. The van der Waals surface area contributed by atoms with Crippen LogP contribution >= 0.6 is 11.6 Å². The first kappa shape index (κ1) is 15.3. The average Bonchev–Trinajstić information content (AvgIpc) is 2.51. The molecule has 0 fully saturated rings. The molecule has 7 nitrogen and oxygen atoms in total. The van der Waals surface area contributed by atoms with E-state index in [2.05, 4.69) is 14.6 Å². The molecule has 1 aromatic carbocycles. The van der Waals surface area contributed by atoms with E-state index in [4.69, 9.17) is 16.4 Å². The first-order valence-corrected chi connectivity index (χ1v) is 6.26. The molecular formula is C13H12ClNO6. The summed E-state index contributed by atoms with van der Waals surface area (Å²) < 4.78 is 9.09. The van der Waals surface area contributed by atoms with Crippen LogP contribution in [-0.2, 0) is 19.1 Å². The maximum atomic E-state index is 11.8. The number of halogens is 1. The van der Waals surface area contributed by atoms with Crippen LogP contribution in [0.2, 0.25) is 5.02 Å². The molecule has 112 valence electrons. The van der Waals surface area contributed by atoms with Crippen LogP contribution < -0.4 is 4.84 Å². The Bertz CT molecular complexity index is 615. The molecule has 2 atom stereocenters. The number of methoxy groups -OCH3 is 2. The Kier molecular flexibility index (Phi) is 4.44. The van der Waals surface area contributed by atoms with Gasteiger partial charge < -0.3 is 19.4 Å². The Labute approximate surface area is 125 Å². The standard InChI is InChI=1S/C13H12ClNO6/c1-19-12(17)10-9(11(16)13(18)20-2)7-5-6(14)3-4-8(7)21-15-10/h3-5,9,11,16H,1-2H3/t9-,11+/m1/s1. The van der Waals surface area contributed by atoms with Gasteiger partial charge in [-0.25, -0.2) is 9.59 Å². The number of hydrogen-bond acceptors (Lipinski definition) is 7. The fourth-order valence-corrected chi connectivity index (χ4v) is 2.17. The quantitative estimate of drug-likeness (QED) is 0.832. The molecule has 1 aliphatic rings. The van der Waals surface area contributed by atoms with E-state index in [1.807, 2.05) is 0 Å². The van der Waals surface area contributed by atoms with Crippen LogP contribution in [0.5, 0.6) is 5.75 Å². The Morgan fingerprint density at radius 2 is 2.10 bits per heavy atom. The summed E-state index contributed by atoms with van der Waals surface area (Å²) in [5, 5.41) is 14.1. The van der Waals surface area contributed by atoms with Crippen molar-refractivity contribution in [2.45, 2.75) is 12.0 Å². The first-order valence-electron chi connectivity index (χ1n) is 5.88. The van der Waals surface area contributed by atoms with Crippen LogP contribution in [0.4, 0.5) is 0 Å². The van der Waals surface area contributed by atoms with E-state index in [0.717, 1.165) is 14.2 Å². The number of ether oxygens (including phenoxy) is 2. The number of aliphatic hydroxyl groups excluding tert-OH is 1. The Morgan fingerprint density at radius 1 is 1.38 bits per heavy atom. The highest BCUT2D eigenvalue weighted by Gasteiger charge is 2.41. The van der Waals surface area contributed by atoms with Crippen molar-refractivity contribution in [2.24, 2.45) is 5.16 Å². The van der Waals surface area contributed by atoms with Gasteiger partial charge in [0.15, 0.2) is 17.6 Å². The second kappa shape index (κ2) is 6.11. The minimum Gasteiger partial charge on any atom is -0.467 e. The van der Waals surface area contributed by atoms with Gasteiger partial charge in [-0.2, -0.15) is 0 Å². The van der Waals surface area contributed by atoms with Gasteiger partial charge in [0, 0.05) is 10.6 Å². The summed E-state index contributed by atoms with van der Waals surface area (Å²) in [6.45, 7) is 0. The molecule has 0 aliphatic carbocycles. The number of rotatable bonds is 3. The zero-order valence-electron chi connectivity index (χ0n) is 11.2. The maximum Gasteiger partial charge on any atom is 0.356 e. The van der Waals surface area contributed by atoms with Crippen molar-refractivity contribution in [3.63, 3.8) is 0 Å². The molecule has 0 radical (unpaired) electrons. The van der Waals surface area contributed by atoms with Gasteiger partial charge in [-0.3, -0.25) is 0 Å². The Balaban J connectivity index is 2.53. The van der Waals surface area contributed by atoms with Crippen molar-refractivity contribution in [1.82, 2.24) is 0 Å². The van der Waals surface area contributed by atoms with Gasteiger partial charge in [0.25, 0.3) is 0 Å². The lowest BCUT2D eigenvalue weighted by Crippen LogP contribution is -2.39. The van der Waals surface area contributed by atoms with E-state index in [1.54, 1.807) is 6.07 Å². The number of fused-ring (bicyclic) bond motifs is 1. The molecule has 0 amide bonds. The van der Waals surface area contributed by atoms with Crippen molar-refractivity contribution in [3.05, 3.63) is 28.8 Å². The van der Waals surface area contributed by atoms with Crippen LogP contribution in [0.1, 0.15) is 11.5 Å². The molecule has 0 saturated heterocycles. The predicted octanol–water partition coefficient (Wildman–Crippen LogP) is 0.879. The number of aliphatic hydroxyl groups is 1. The second-order valence-corrected chi connectivity index (χ2v) is 4.62. The Morgan fingerprint density at radius 3 is 2.71 bits per heavy atom. The number of benzene rings is 1. The molecule has 1 aliphatic heterocycles. The van der Waals surface area contributed by atoms with Gasteiger partial charge in [0.1, 0.15) is 0 Å². The normalized spacial score (nSPS) is 17.9. The van der Waals surface area contributed by atoms with Gasteiger partial charge >= 0.3 is 11.9 Å². The van der Waals surface area contributed by atoms with Crippen LogP contribution in [-0.4, -0.2) is 43.1 Å². The van der Waals surface area contributed by atoms with Crippen molar-refractivity contribution >= 4 is 29.3 Å². The molecule has 1 aromatic rings. The number of nitrogens with zero attached hydrogens (tertiary/aromatic N) is 1. The van der Waals surface area contributed by atoms with Crippen LogP contribution in [0, 0.1) is 0 Å². The average molecular weight is 314 g/mol. The fraction of sp³-hybridized carbons (Fsp3) is 0.308. The zero-order valence-corrected chi connectivity index (χ0v) is 12.0. The summed E-state index contributed by atoms with van der Waals surface area (Å²) in [5.74, 6) is -2.55. The molecule has 1 N–H and O–H groups in total. The lowest BCUT2D eigenvalue weighted by atomic mass is 9.87. The fourth-order valence-electron chi connectivity index (χ4n) is 1.99. The third-order valence-corrected chi connectivity index (χ3v) is 3.23. The van der Waals surface area contributed by atoms with E-state index in [-0.39, 0.29) is 11.5 Å². The van der Waals surface area contributed by atoms with Gasteiger partial charge in [-0.1, -0.05) is 16.8 Å². The summed E-state index contributed by atoms with van der Waals surface area (Å²) >= 11 is 5.91. The monoisotopic (exact) mass is 313 g/mol. The largest absolute Gasteiger partial charge is 0.467 e. The smallest absolute Gasteiger partial charge is 0.356 e. The molecule has 0 saturated carbocycles. The van der Waals surface area contributed by atoms with E-state index in [0.29, 0.717) is 10.6 Å². The van der Waals surface area contributed by atoms with Crippen LogP contribution in [0.15, 0.2) is 23.4 Å². The molecule has 0 unspecified atom stereocenters. The highest BCUT2D eigenvalue weighted by atomic mass is 35.5. The minimum absolute atomic E-state index is 0.245. The third-order valence-electron chi connectivity index (χ3n) is 3.00. The van der Waals surface area contributed by atoms with Gasteiger partial charge in [-0.05, 0) is 18.2 Å². The van der Waals surface area contributed by atoms with E-state index in [1.165, 1.54) is 12.1 Å². The van der Waals surface area contributed by atoms with Gasteiger partial charge in [0.05, 0.1) is 20.1 Å². The maximum absolute atomic E-state index is 11.8. The van der Waals surface area contributed by atoms with Crippen molar-refractivity contribution in [3.8, 4) is 5.75 Å². The highest BCUT2D eigenvalue weighted by Crippen LogP contribution is 2.36. The first-order chi connectivity index (χ1) is 9.99. The number of carbonyl (C=O) groups excluding carboxylic acids is 2. The number of esters is 2. The summed E-state index contributed by atoms with van der Waals surface area (Å²) in [5.41, 5.74) is 0.0981. The lowest BCUT2D eigenvalue weighted by Gasteiger charge is -2.26. The molecule has 21 heavy (non-hydrogen) atoms. The lowest BCUT2D eigenvalue weighted by molar-refractivity contribution is -0.150. The third kappa shape index (κ3) is 2.84. The van der Waals surface area contributed by atoms with Crippen molar-refractivity contribution < 1.29 is 29.0 Å². The van der Waals surface area contributed by atoms with E-state index < -0.39 is 24.0 Å². The summed E-state index contributed by atoms with van der Waals surface area (Å²) in [6.07, 6.45) is -1.64. The summed E-state index contributed by atoms with van der Waals surface area (Å²) in [4.78, 5) is 28.4. The van der Waals surface area contributed by atoms with Gasteiger partial charge in [0.2, 0.25) is 0 Å². The Hall–Kier alpha value is -2.12. The number of hydrogen-bond donors (Lipinski definition) is 1. The molecule has 2 rings (SSSR count). The summed E-state index contributed by atoms with van der Waals surface area (Å²) in [7, 11) is 2.28. The minimum atomic E-state index is -1.64. The second-order valence-electron chi connectivity index (χ2n) is 4.19.